The third-order valence-corrected chi connectivity index (χ3v) is 2.61. The van der Waals surface area contributed by atoms with Gasteiger partial charge in [0, 0.05) is 6.54 Å². The quantitative estimate of drug-likeness (QED) is 0.753. The zero-order valence-electron chi connectivity index (χ0n) is 10.7. The first-order chi connectivity index (χ1) is 8.90. The maximum absolute atomic E-state index is 11.9. The van der Waals surface area contributed by atoms with Crippen molar-refractivity contribution in [2.24, 2.45) is 0 Å². The van der Waals surface area contributed by atoms with Crippen LogP contribution in [0.4, 0.5) is 13.2 Å². The van der Waals surface area contributed by atoms with E-state index in [0.717, 1.165) is 5.56 Å². The number of alkyl halides is 3. The number of hydrogen-bond donors (Lipinski definition) is 2. The van der Waals surface area contributed by atoms with Crippen LogP contribution in [-0.4, -0.2) is 24.1 Å². The van der Waals surface area contributed by atoms with Gasteiger partial charge in [-0.05, 0) is 37.1 Å². The molecule has 0 fully saturated rings. The smallest absolute Gasteiger partial charge is 0.406 e. The summed E-state index contributed by atoms with van der Waals surface area (Å²) in [6, 6.07) is 5.71. The Kier molecular flexibility index (Phi) is 6.11. The van der Waals surface area contributed by atoms with Crippen molar-refractivity contribution >= 4 is 0 Å². The zero-order valence-corrected chi connectivity index (χ0v) is 10.7. The Labute approximate surface area is 110 Å². The summed E-state index contributed by atoms with van der Waals surface area (Å²) >= 11 is 0. The summed E-state index contributed by atoms with van der Waals surface area (Å²) in [4.78, 5) is 0. The molecule has 2 N–H and O–H groups in total. The summed E-state index contributed by atoms with van der Waals surface area (Å²) in [5.41, 5.74) is 0.862. The molecule has 0 heterocycles. The highest BCUT2D eigenvalue weighted by molar-refractivity contribution is 5.27. The van der Waals surface area contributed by atoms with Crippen molar-refractivity contribution in [3.63, 3.8) is 0 Å². The molecule has 108 valence electrons. The van der Waals surface area contributed by atoms with Gasteiger partial charge in [-0.2, -0.15) is 0 Å². The van der Waals surface area contributed by atoms with Gasteiger partial charge in [0.15, 0.2) is 0 Å². The van der Waals surface area contributed by atoms with Crippen LogP contribution in [-0.2, 0) is 6.54 Å². The van der Waals surface area contributed by atoms with Crippen LogP contribution in [0.5, 0.6) is 5.75 Å². The van der Waals surface area contributed by atoms with Gasteiger partial charge in [-0.1, -0.05) is 19.1 Å². The highest BCUT2D eigenvalue weighted by Crippen LogP contribution is 2.22. The third-order valence-electron chi connectivity index (χ3n) is 2.61. The molecule has 1 unspecified atom stereocenters. The van der Waals surface area contributed by atoms with E-state index < -0.39 is 6.36 Å². The minimum atomic E-state index is -4.66. The molecule has 3 nitrogen and oxygen atoms in total. The number of rotatable bonds is 7. The molecule has 0 saturated heterocycles. The fourth-order valence-electron chi connectivity index (χ4n) is 1.51. The Morgan fingerprint density at radius 3 is 2.42 bits per heavy atom. The van der Waals surface area contributed by atoms with Gasteiger partial charge in [-0.15, -0.1) is 13.2 Å². The van der Waals surface area contributed by atoms with Gasteiger partial charge >= 0.3 is 6.36 Å². The van der Waals surface area contributed by atoms with Gasteiger partial charge < -0.3 is 15.2 Å². The monoisotopic (exact) mass is 277 g/mol. The van der Waals surface area contributed by atoms with E-state index in [1.54, 1.807) is 12.1 Å². The van der Waals surface area contributed by atoms with E-state index in [2.05, 4.69) is 10.1 Å². The van der Waals surface area contributed by atoms with E-state index in [9.17, 15) is 18.3 Å². The van der Waals surface area contributed by atoms with Crippen molar-refractivity contribution in [1.29, 1.82) is 0 Å². The van der Waals surface area contributed by atoms with Crippen LogP contribution in [0.2, 0.25) is 0 Å². The molecule has 0 radical (unpaired) electrons. The molecule has 1 rings (SSSR count). The molecule has 0 aromatic heterocycles. The van der Waals surface area contributed by atoms with E-state index in [4.69, 9.17) is 0 Å². The fraction of sp³-hybridized carbons (Fsp3) is 0.538. The van der Waals surface area contributed by atoms with Gasteiger partial charge in [0.1, 0.15) is 5.75 Å². The number of hydrogen-bond acceptors (Lipinski definition) is 3. The molecule has 1 aromatic carbocycles. The Balaban J connectivity index is 2.32. The highest BCUT2D eigenvalue weighted by atomic mass is 19.4. The number of nitrogens with one attached hydrogen (secondary N) is 1. The average Bonchev–Trinajstić information content (AvgIpc) is 2.34. The molecule has 0 bridgehead atoms. The summed E-state index contributed by atoms with van der Waals surface area (Å²) in [6.45, 7) is 3.11. The molecule has 1 aromatic rings. The summed E-state index contributed by atoms with van der Waals surface area (Å²) in [5.74, 6) is -0.224. The molecular formula is C13H18F3NO2. The van der Waals surface area contributed by atoms with Gasteiger partial charge in [-0.25, -0.2) is 0 Å². The van der Waals surface area contributed by atoms with Gasteiger partial charge in [0.2, 0.25) is 0 Å². The largest absolute Gasteiger partial charge is 0.573 e. The molecule has 0 aliphatic heterocycles. The van der Waals surface area contributed by atoms with Crippen LogP contribution in [0.25, 0.3) is 0 Å². The summed E-state index contributed by atoms with van der Waals surface area (Å²) in [7, 11) is 0. The van der Waals surface area contributed by atoms with Gasteiger partial charge in [0.05, 0.1) is 6.10 Å². The number of halogens is 3. The maximum atomic E-state index is 11.9. The molecule has 6 heteroatoms. The molecule has 0 aliphatic carbocycles. The highest BCUT2D eigenvalue weighted by Gasteiger charge is 2.30. The fourth-order valence-corrected chi connectivity index (χ4v) is 1.51. The van der Waals surface area contributed by atoms with E-state index in [-0.39, 0.29) is 11.9 Å². The Morgan fingerprint density at radius 2 is 1.89 bits per heavy atom. The number of aliphatic hydroxyl groups is 1. The van der Waals surface area contributed by atoms with E-state index in [0.29, 0.717) is 25.9 Å². The topological polar surface area (TPSA) is 41.5 Å². The summed E-state index contributed by atoms with van der Waals surface area (Å²) in [5, 5.41) is 12.4. The van der Waals surface area contributed by atoms with Gasteiger partial charge in [0.25, 0.3) is 0 Å². The van der Waals surface area contributed by atoms with Crippen LogP contribution in [0.15, 0.2) is 24.3 Å². The van der Waals surface area contributed by atoms with E-state index >= 15 is 0 Å². The summed E-state index contributed by atoms with van der Waals surface area (Å²) in [6.07, 6.45) is -3.59. The third kappa shape index (κ3) is 7.03. The second-order valence-electron chi connectivity index (χ2n) is 4.22. The Morgan fingerprint density at radius 1 is 1.26 bits per heavy atom. The van der Waals surface area contributed by atoms with Crippen molar-refractivity contribution in [3.8, 4) is 5.75 Å². The molecule has 0 spiro atoms. The first-order valence-electron chi connectivity index (χ1n) is 6.14. The Bertz CT molecular complexity index is 365. The average molecular weight is 277 g/mol. The lowest BCUT2D eigenvalue weighted by Gasteiger charge is -2.10. The molecule has 0 aliphatic rings. The van der Waals surface area contributed by atoms with Gasteiger partial charge in [-0.3, -0.25) is 0 Å². The lowest BCUT2D eigenvalue weighted by atomic mass is 10.2. The van der Waals surface area contributed by atoms with Crippen LogP contribution in [0.3, 0.4) is 0 Å². The minimum Gasteiger partial charge on any atom is -0.406 e. The minimum absolute atomic E-state index is 0.224. The lowest BCUT2D eigenvalue weighted by Crippen LogP contribution is -2.20. The predicted molar refractivity (Wildman–Crippen MR) is 65.7 cm³/mol. The van der Waals surface area contributed by atoms with Crippen molar-refractivity contribution in [1.82, 2.24) is 5.32 Å². The number of ether oxygens (including phenoxy) is 1. The van der Waals surface area contributed by atoms with E-state index in [1.807, 2.05) is 6.92 Å². The van der Waals surface area contributed by atoms with Crippen molar-refractivity contribution in [2.75, 3.05) is 6.54 Å². The molecule has 1 atom stereocenters. The van der Waals surface area contributed by atoms with Crippen LogP contribution in [0.1, 0.15) is 25.3 Å². The molecule has 0 amide bonds. The Hall–Kier alpha value is -1.27. The normalized spacial score (nSPS) is 13.3. The van der Waals surface area contributed by atoms with Crippen LogP contribution in [0, 0.1) is 0 Å². The number of benzene rings is 1. The molecule has 19 heavy (non-hydrogen) atoms. The lowest BCUT2D eigenvalue weighted by molar-refractivity contribution is -0.274. The van der Waals surface area contributed by atoms with Crippen molar-refractivity contribution in [3.05, 3.63) is 29.8 Å². The summed E-state index contributed by atoms with van der Waals surface area (Å²) < 4.78 is 39.6. The van der Waals surface area contributed by atoms with E-state index in [1.165, 1.54) is 12.1 Å². The first-order valence-corrected chi connectivity index (χ1v) is 6.14. The van der Waals surface area contributed by atoms with Crippen LogP contribution >= 0.6 is 0 Å². The second-order valence-corrected chi connectivity index (χ2v) is 4.22. The molecule has 0 saturated carbocycles. The maximum Gasteiger partial charge on any atom is 0.573 e. The van der Waals surface area contributed by atoms with Crippen LogP contribution < -0.4 is 10.1 Å². The van der Waals surface area contributed by atoms with Crippen molar-refractivity contribution in [2.45, 2.75) is 38.8 Å². The van der Waals surface area contributed by atoms with Crippen molar-refractivity contribution < 1.29 is 23.0 Å². The first kappa shape index (κ1) is 15.8. The standard InChI is InChI=1S/C13H18F3NO2/c1-2-11(18)7-8-17-9-10-3-5-12(6-4-10)19-13(14,15)16/h3-6,11,17-18H,2,7-9H2,1H3. The molecular weight excluding hydrogens is 259 g/mol. The number of aliphatic hydroxyl groups excluding tert-OH is 1. The SMILES string of the molecule is CCC(O)CCNCc1ccc(OC(F)(F)F)cc1. The zero-order chi connectivity index (χ0) is 14.3. The predicted octanol–water partition coefficient (Wildman–Crippen LogP) is 2.84. The second kappa shape index (κ2) is 7.35.